The lowest BCUT2D eigenvalue weighted by Crippen LogP contribution is -2.27. The van der Waals surface area contributed by atoms with Gasteiger partial charge in [-0.3, -0.25) is 14.5 Å². The monoisotopic (exact) mass is 476 g/mol. The molecule has 0 aliphatic carbocycles. The van der Waals surface area contributed by atoms with Gasteiger partial charge in [-0.05, 0) is 54.6 Å². The number of hydrogen-bond donors (Lipinski definition) is 2. The zero-order valence-electron chi connectivity index (χ0n) is 18.5. The number of carbonyl (C=O) groups excluding carboxylic acids is 2. The van der Waals surface area contributed by atoms with E-state index in [2.05, 4.69) is 16.7 Å². The van der Waals surface area contributed by atoms with Gasteiger partial charge in [0.05, 0.1) is 29.5 Å². The topological polar surface area (TPSA) is 92.7 Å². The third-order valence-corrected chi connectivity index (χ3v) is 7.73. The highest BCUT2D eigenvalue weighted by atomic mass is 32.2. The van der Waals surface area contributed by atoms with Gasteiger partial charge in [0.1, 0.15) is 6.10 Å². The second-order valence-electron chi connectivity index (χ2n) is 8.85. The van der Waals surface area contributed by atoms with Crippen molar-refractivity contribution in [1.29, 1.82) is 0 Å². The number of nitrogens with zero attached hydrogens (tertiary/aromatic N) is 2. The van der Waals surface area contributed by atoms with E-state index in [1.807, 2.05) is 41.0 Å². The summed E-state index contributed by atoms with van der Waals surface area (Å²) in [4.78, 5) is 39.1. The van der Waals surface area contributed by atoms with Crippen LogP contribution in [0, 0.1) is 0 Å². The number of nitrogens with one attached hydrogen (secondary N) is 2. The van der Waals surface area contributed by atoms with Gasteiger partial charge in [-0.25, -0.2) is 4.79 Å². The van der Waals surface area contributed by atoms with Crippen molar-refractivity contribution in [1.82, 2.24) is 9.88 Å². The Kier molecular flexibility index (Phi) is 5.30. The van der Waals surface area contributed by atoms with Crippen molar-refractivity contribution < 1.29 is 14.3 Å². The number of pyridine rings is 1. The summed E-state index contributed by atoms with van der Waals surface area (Å²) in [6.07, 6.45) is 1.06. The number of para-hydroxylation sites is 1. The number of hydrogen-bond acceptors (Lipinski definition) is 6. The number of fused-ring (bicyclic) bond motifs is 1. The Labute approximate surface area is 200 Å². The van der Waals surface area contributed by atoms with Crippen molar-refractivity contribution in [2.75, 3.05) is 29.1 Å². The summed E-state index contributed by atoms with van der Waals surface area (Å²) in [7, 11) is 0. The molecule has 3 aliphatic heterocycles. The van der Waals surface area contributed by atoms with Crippen LogP contribution in [0.3, 0.4) is 0 Å². The van der Waals surface area contributed by atoms with Crippen LogP contribution >= 0.6 is 11.8 Å². The summed E-state index contributed by atoms with van der Waals surface area (Å²) >= 11 is 1.50. The number of cyclic esters (lactones) is 1. The fraction of sp³-hybridized carbons (Fsp3) is 0.320. The summed E-state index contributed by atoms with van der Waals surface area (Å²) in [5.41, 5.74) is 3.68. The van der Waals surface area contributed by atoms with E-state index in [1.165, 1.54) is 11.8 Å². The van der Waals surface area contributed by atoms with E-state index >= 15 is 0 Å². The smallest absolute Gasteiger partial charge is 0.414 e. The standard InChI is InChI=1S/C25H24N4O4S/c30-22-14-34-21-8-7-16(11-19(21)27-22)28-12-17(33-25(28)32)4-2-10-26-20-13-29-23(31)9-6-15-3-1-5-18(20)24(15)29/h1,3,5-9,11,17,20,26H,2,4,10,12-14H2,(H,27,30)/t17-,20?/m0/s1. The van der Waals surface area contributed by atoms with Crippen molar-refractivity contribution in [3.8, 4) is 0 Å². The minimum atomic E-state index is -0.356. The molecule has 4 heterocycles. The second kappa shape index (κ2) is 8.48. The van der Waals surface area contributed by atoms with Crippen molar-refractivity contribution in [2.24, 2.45) is 0 Å². The third-order valence-electron chi connectivity index (χ3n) is 6.66. The molecule has 3 aliphatic rings. The van der Waals surface area contributed by atoms with Crippen LogP contribution in [0.2, 0.25) is 0 Å². The van der Waals surface area contributed by atoms with Crippen LogP contribution in [0.1, 0.15) is 24.4 Å². The largest absolute Gasteiger partial charge is 0.444 e. The van der Waals surface area contributed by atoms with Crippen molar-refractivity contribution >= 4 is 46.0 Å². The highest BCUT2D eigenvalue weighted by Crippen LogP contribution is 2.36. The fourth-order valence-electron chi connectivity index (χ4n) is 5.03. The molecule has 9 heteroatoms. The molecule has 2 aromatic carbocycles. The number of benzene rings is 2. The molecular weight excluding hydrogens is 452 g/mol. The fourth-order valence-corrected chi connectivity index (χ4v) is 5.82. The molecule has 1 unspecified atom stereocenters. The summed E-state index contributed by atoms with van der Waals surface area (Å²) in [5.74, 6) is 0.378. The van der Waals surface area contributed by atoms with Gasteiger partial charge >= 0.3 is 6.09 Å². The molecule has 2 amide bonds. The normalized spacial score (nSPS) is 21.0. The van der Waals surface area contributed by atoms with Crippen molar-refractivity contribution in [3.05, 3.63) is 64.4 Å². The molecule has 8 nitrogen and oxygen atoms in total. The lowest BCUT2D eigenvalue weighted by Gasteiger charge is -2.20. The van der Waals surface area contributed by atoms with Crippen LogP contribution in [0.15, 0.2) is 58.2 Å². The Morgan fingerprint density at radius 2 is 2.00 bits per heavy atom. The Hall–Kier alpha value is -3.30. The molecule has 0 bridgehead atoms. The van der Waals surface area contributed by atoms with Crippen LogP contribution in [0.25, 0.3) is 10.9 Å². The zero-order chi connectivity index (χ0) is 23.2. The van der Waals surface area contributed by atoms with E-state index in [0.717, 1.165) is 52.1 Å². The Morgan fingerprint density at radius 1 is 1.09 bits per heavy atom. The maximum atomic E-state index is 12.5. The summed E-state index contributed by atoms with van der Waals surface area (Å²) in [6.45, 7) is 1.89. The third kappa shape index (κ3) is 3.74. The van der Waals surface area contributed by atoms with E-state index in [-0.39, 0.29) is 29.7 Å². The van der Waals surface area contributed by atoms with Crippen LogP contribution in [-0.2, 0) is 16.1 Å². The van der Waals surface area contributed by atoms with Crippen LogP contribution in [0.4, 0.5) is 16.2 Å². The molecule has 174 valence electrons. The Bertz CT molecular complexity index is 1370. The number of anilines is 2. The average Bonchev–Trinajstić information content (AvgIpc) is 3.40. The van der Waals surface area contributed by atoms with Crippen LogP contribution in [0.5, 0.6) is 0 Å². The first-order valence-corrected chi connectivity index (χ1v) is 12.5. The molecule has 1 saturated heterocycles. The molecule has 0 spiro atoms. The zero-order valence-corrected chi connectivity index (χ0v) is 19.3. The average molecular weight is 477 g/mol. The van der Waals surface area contributed by atoms with Gasteiger partial charge in [-0.1, -0.05) is 18.2 Å². The molecule has 0 radical (unpaired) electrons. The van der Waals surface area contributed by atoms with Gasteiger partial charge in [0.25, 0.3) is 5.56 Å². The molecule has 1 aromatic heterocycles. The highest BCUT2D eigenvalue weighted by Gasteiger charge is 2.33. The van der Waals surface area contributed by atoms with Gasteiger partial charge in [-0.2, -0.15) is 0 Å². The Morgan fingerprint density at radius 3 is 2.91 bits per heavy atom. The van der Waals surface area contributed by atoms with E-state index in [0.29, 0.717) is 18.8 Å². The van der Waals surface area contributed by atoms with Crippen LogP contribution < -0.4 is 21.1 Å². The number of ether oxygens (including phenoxy) is 1. The molecule has 6 rings (SSSR count). The lowest BCUT2D eigenvalue weighted by atomic mass is 10.1. The van der Waals surface area contributed by atoms with Crippen LogP contribution in [-0.4, -0.2) is 41.5 Å². The van der Waals surface area contributed by atoms with Gasteiger partial charge in [0, 0.05) is 23.2 Å². The summed E-state index contributed by atoms with van der Waals surface area (Å²) in [5, 5.41) is 7.53. The summed E-state index contributed by atoms with van der Waals surface area (Å²) < 4.78 is 7.45. The highest BCUT2D eigenvalue weighted by molar-refractivity contribution is 8.00. The SMILES string of the molecule is O=C1CSc2ccc(N3C[C@H](CCCNC4Cn5c(=O)ccc6cccc4c65)OC3=O)cc2N1. The van der Waals surface area contributed by atoms with Gasteiger partial charge < -0.3 is 19.9 Å². The number of rotatable bonds is 6. The quantitative estimate of drug-likeness (QED) is 0.529. The first-order valence-electron chi connectivity index (χ1n) is 11.5. The number of aromatic nitrogens is 1. The second-order valence-corrected chi connectivity index (χ2v) is 9.87. The predicted octanol–water partition coefficient (Wildman–Crippen LogP) is 3.50. The number of thioether (sulfide) groups is 1. The number of carbonyl (C=O) groups is 2. The van der Waals surface area contributed by atoms with E-state index < -0.39 is 0 Å². The van der Waals surface area contributed by atoms with E-state index in [1.54, 1.807) is 11.0 Å². The minimum Gasteiger partial charge on any atom is -0.444 e. The maximum Gasteiger partial charge on any atom is 0.414 e. The van der Waals surface area contributed by atoms with E-state index in [9.17, 15) is 14.4 Å². The van der Waals surface area contributed by atoms with Gasteiger partial charge in [0.15, 0.2) is 0 Å². The van der Waals surface area contributed by atoms with E-state index in [4.69, 9.17) is 4.74 Å². The molecule has 1 fully saturated rings. The van der Waals surface area contributed by atoms with Crippen molar-refractivity contribution in [2.45, 2.75) is 36.4 Å². The van der Waals surface area contributed by atoms with Gasteiger partial charge in [-0.15, -0.1) is 11.8 Å². The molecule has 2 atom stereocenters. The molecule has 2 N–H and O–H groups in total. The first kappa shape index (κ1) is 21.2. The predicted molar refractivity (Wildman–Crippen MR) is 132 cm³/mol. The van der Waals surface area contributed by atoms with Crippen molar-refractivity contribution in [3.63, 3.8) is 0 Å². The molecular formula is C25H24N4O4S. The molecule has 34 heavy (non-hydrogen) atoms. The Balaban J connectivity index is 1.05. The maximum absolute atomic E-state index is 12.5. The lowest BCUT2D eigenvalue weighted by molar-refractivity contribution is -0.113. The molecule has 0 saturated carbocycles. The number of amides is 2. The minimum absolute atomic E-state index is 0.0301. The molecule has 3 aromatic rings. The summed E-state index contributed by atoms with van der Waals surface area (Å²) in [6, 6.07) is 15.4. The first-order chi connectivity index (χ1) is 16.6. The van der Waals surface area contributed by atoms with Gasteiger partial charge in [0.2, 0.25) is 5.91 Å².